The van der Waals surface area contributed by atoms with Crippen LogP contribution in [0.3, 0.4) is 0 Å². The highest BCUT2D eigenvalue weighted by Gasteiger charge is 2.17. The molecule has 2 aromatic heterocycles. The van der Waals surface area contributed by atoms with Crippen molar-refractivity contribution in [1.82, 2.24) is 10.5 Å². The van der Waals surface area contributed by atoms with E-state index in [4.69, 9.17) is 9.26 Å². The maximum absolute atomic E-state index is 12.0. The number of aromatic nitrogens is 1. The van der Waals surface area contributed by atoms with Crippen molar-refractivity contribution in [2.45, 2.75) is 19.3 Å². The Balaban J connectivity index is 1.32. The summed E-state index contributed by atoms with van der Waals surface area (Å²) in [7, 11) is 0. The molecule has 0 spiro atoms. The SMILES string of the molecule is O=C(Cc1cc(Cc2cc3ccccc3s2)on1)NCC1CCOC1. The molecule has 1 aliphatic heterocycles. The summed E-state index contributed by atoms with van der Waals surface area (Å²) in [4.78, 5) is 13.3. The minimum Gasteiger partial charge on any atom is -0.381 e. The molecule has 0 saturated carbocycles. The van der Waals surface area contributed by atoms with Gasteiger partial charge in [-0.05, 0) is 23.9 Å². The number of carbonyl (C=O) groups excluding carboxylic acids is 1. The smallest absolute Gasteiger partial charge is 0.226 e. The fraction of sp³-hybridized carbons (Fsp3) is 0.368. The maximum atomic E-state index is 12.0. The van der Waals surface area contributed by atoms with Gasteiger partial charge in [0, 0.05) is 41.1 Å². The summed E-state index contributed by atoms with van der Waals surface area (Å²) in [5, 5.41) is 8.23. The Labute approximate surface area is 150 Å². The fourth-order valence-corrected chi connectivity index (χ4v) is 4.12. The molecule has 6 heteroatoms. The van der Waals surface area contributed by atoms with Crippen LogP contribution in [0.4, 0.5) is 0 Å². The number of hydrogen-bond donors (Lipinski definition) is 1. The van der Waals surface area contributed by atoms with Crippen molar-refractivity contribution in [3.63, 3.8) is 0 Å². The molecule has 1 saturated heterocycles. The Morgan fingerprint density at radius 2 is 2.24 bits per heavy atom. The topological polar surface area (TPSA) is 64.4 Å². The minimum absolute atomic E-state index is 0.0198. The van der Waals surface area contributed by atoms with Crippen LogP contribution in [-0.2, 0) is 22.4 Å². The number of nitrogens with one attached hydrogen (secondary N) is 1. The largest absolute Gasteiger partial charge is 0.381 e. The number of fused-ring (bicyclic) bond motifs is 1. The summed E-state index contributed by atoms with van der Waals surface area (Å²) in [6, 6.07) is 12.4. The van der Waals surface area contributed by atoms with Crippen LogP contribution >= 0.6 is 11.3 Å². The van der Waals surface area contributed by atoms with E-state index in [1.807, 2.05) is 18.2 Å². The predicted molar refractivity (Wildman–Crippen MR) is 96.8 cm³/mol. The molecule has 3 heterocycles. The highest BCUT2D eigenvalue weighted by molar-refractivity contribution is 7.19. The molecule has 5 nitrogen and oxygen atoms in total. The third-order valence-electron chi connectivity index (χ3n) is 4.39. The second-order valence-electron chi connectivity index (χ2n) is 6.42. The fourth-order valence-electron chi connectivity index (χ4n) is 3.05. The van der Waals surface area contributed by atoms with Gasteiger partial charge in [-0.3, -0.25) is 4.79 Å². The van der Waals surface area contributed by atoms with Crippen molar-refractivity contribution in [2.75, 3.05) is 19.8 Å². The molecule has 4 rings (SSSR count). The van der Waals surface area contributed by atoms with Gasteiger partial charge >= 0.3 is 0 Å². The van der Waals surface area contributed by atoms with Gasteiger partial charge in [0.15, 0.2) is 0 Å². The van der Waals surface area contributed by atoms with Gasteiger partial charge < -0.3 is 14.6 Å². The van der Waals surface area contributed by atoms with E-state index in [9.17, 15) is 4.79 Å². The third kappa shape index (κ3) is 4.08. The van der Waals surface area contributed by atoms with E-state index < -0.39 is 0 Å². The molecule has 1 atom stereocenters. The van der Waals surface area contributed by atoms with Crippen LogP contribution in [0.25, 0.3) is 10.1 Å². The number of thiophene rings is 1. The molecule has 130 valence electrons. The molecule has 0 aliphatic carbocycles. The number of carbonyl (C=O) groups is 1. The lowest BCUT2D eigenvalue weighted by Crippen LogP contribution is -2.30. The van der Waals surface area contributed by atoms with Crippen LogP contribution in [-0.4, -0.2) is 30.8 Å². The van der Waals surface area contributed by atoms with Crippen molar-refractivity contribution in [3.8, 4) is 0 Å². The number of nitrogens with zero attached hydrogens (tertiary/aromatic N) is 1. The molecule has 0 radical (unpaired) electrons. The normalized spacial score (nSPS) is 17.2. The van der Waals surface area contributed by atoms with Crippen LogP contribution in [0.15, 0.2) is 40.9 Å². The van der Waals surface area contributed by atoms with Crippen molar-refractivity contribution >= 4 is 27.3 Å². The van der Waals surface area contributed by atoms with Gasteiger partial charge in [0.2, 0.25) is 5.91 Å². The Kier molecular flexibility index (Phi) is 4.81. The summed E-state index contributed by atoms with van der Waals surface area (Å²) in [5.74, 6) is 1.21. The molecule has 0 bridgehead atoms. The van der Waals surface area contributed by atoms with E-state index in [2.05, 4.69) is 28.7 Å². The monoisotopic (exact) mass is 356 g/mol. The van der Waals surface area contributed by atoms with E-state index in [0.717, 1.165) is 25.4 Å². The Bertz CT molecular complexity index is 831. The van der Waals surface area contributed by atoms with Gasteiger partial charge in [-0.15, -0.1) is 11.3 Å². The molecule has 25 heavy (non-hydrogen) atoms. The van der Waals surface area contributed by atoms with Gasteiger partial charge in [0.25, 0.3) is 0 Å². The first kappa shape index (κ1) is 16.3. The van der Waals surface area contributed by atoms with E-state index in [1.165, 1.54) is 15.0 Å². The van der Waals surface area contributed by atoms with Crippen molar-refractivity contribution in [3.05, 3.63) is 52.7 Å². The molecule has 1 N–H and O–H groups in total. The van der Waals surface area contributed by atoms with Crippen LogP contribution in [0, 0.1) is 5.92 Å². The Morgan fingerprint density at radius 3 is 3.08 bits per heavy atom. The first-order valence-corrected chi connectivity index (χ1v) is 9.34. The number of amides is 1. The zero-order valence-corrected chi connectivity index (χ0v) is 14.7. The van der Waals surface area contributed by atoms with Gasteiger partial charge in [0.1, 0.15) is 5.76 Å². The van der Waals surface area contributed by atoms with Gasteiger partial charge in [-0.1, -0.05) is 23.4 Å². The molecule has 1 fully saturated rings. The molecular formula is C19H20N2O3S. The standard InChI is InChI=1S/C19H20N2O3S/c22-19(20-11-13-5-6-23-12-13)9-15-8-16(24-21-15)10-17-7-14-3-1-2-4-18(14)25-17/h1-4,7-8,13H,5-6,9-12H2,(H,20,22). The van der Waals surface area contributed by atoms with Crippen LogP contribution in [0.5, 0.6) is 0 Å². The number of ether oxygens (including phenoxy) is 1. The lowest BCUT2D eigenvalue weighted by molar-refractivity contribution is -0.120. The molecule has 1 aromatic carbocycles. The van der Waals surface area contributed by atoms with Crippen molar-refractivity contribution in [2.24, 2.45) is 5.92 Å². The zero-order chi connectivity index (χ0) is 17.1. The average molecular weight is 356 g/mol. The average Bonchev–Trinajstić information content (AvgIpc) is 3.33. The van der Waals surface area contributed by atoms with E-state index in [1.54, 1.807) is 11.3 Å². The number of benzene rings is 1. The van der Waals surface area contributed by atoms with Crippen LogP contribution in [0.1, 0.15) is 22.8 Å². The third-order valence-corrected chi connectivity index (χ3v) is 5.50. The van der Waals surface area contributed by atoms with Gasteiger partial charge in [0.05, 0.1) is 18.7 Å². The highest BCUT2D eigenvalue weighted by atomic mass is 32.1. The first-order valence-electron chi connectivity index (χ1n) is 8.52. The van der Waals surface area contributed by atoms with Gasteiger partial charge in [-0.25, -0.2) is 0 Å². The summed E-state index contributed by atoms with van der Waals surface area (Å²) >= 11 is 1.76. The number of rotatable bonds is 6. The van der Waals surface area contributed by atoms with Crippen molar-refractivity contribution in [1.29, 1.82) is 0 Å². The maximum Gasteiger partial charge on any atom is 0.226 e. The molecule has 1 aliphatic rings. The lowest BCUT2D eigenvalue weighted by atomic mass is 10.1. The minimum atomic E-state index is -0.0198. The molecule has 3 aromatic rings. The summed E-state index contributed by atoms with van der Waals surface area (Å²) in [6.45, 7) is 2.21. The molecule has 1 amide bonds. The summed E-state index contributed by atoms with van der Waals surface area (Å²) < 4.78 is 12.0. The molecular weight excluding hydrogens is 336 g/mol. The molecule has 1 unspecified atom stereocenters. The lowest BCUT2D eigenvalue weighted by Gasteiger charge is -2.08. The summed E-state index contributed by atoms with van der Waals surface area (Å²) in [6.07, 6.45) is 1.97. The number of hydrogen-bond acceptors (Lipinski definition) is 5. The second kappa shape index (κ2) is 7.37. The van der Waals surface area contributed by atoms with Crippen molar-refractivity contribution < 1.29 is 14.1 Å². The van der Waals surface area contributed by atoms with Crippen LogP contribution in [0.2, 0.25) is 0 Å². The van der Waals surface area contributed by atoms with Gasteiger partial charge in [-0.2, -0.15) is 0 Å². The van der Waals surface area contributed by atoms with Crippen LogP contribution < -0.4 is 5.32 Å². The zero-order valence-electron chi connectivity index (χ0n) is 13.9. The Morgan fingerprint density at radius 1 is 1.32 bits per heavy atom. The Hall–Kier alpha value is -2.18. The van der Waals surface area contributed by atoms with E-state index >= 15 is 0 Å². The predicted octanol–water partition coefficient (Wildman–Crippen LogP) is 3.18. The quantitative estimate of drug-likeness (QED) is 0.737. The van der Waals surface area contributed by atoms with E-state index in [0.29, 0.717) is 24.6 Å². The first-order chi connectivity index (χ1) is 12.3. The van der Waals surface area contributed by atoms with E-state index in [-0.39, 0.29) is 12.3 Å². The highest BCUT2D eigenvalue weighted by Crippen LogP contribution is 2.27. The second-order valence-corrected chi connectivity index (χ2v) is 7.59. The summed E-state index contributed by atoms with van der Waals surface area (Å²) in [5.41, 5.74) is 0.677.